The standard InChI is InChI=1S/C23H25F3N6O/c1-30(15-17-13-28-32(16-17)20-5-3-2-4-6-20)22(33)29-19-9-11-31(12-10-19)21-8-7-18(14-27-21)23(24,25)26/h2-8,13-14,16,19H,9-12,15H2,1H3,(H,29,33). The van der Waals surface area contributed by atoms with Gasteiger partial charge in [-0.05, 0) is 37.1 Å². The Labute approximate surface area is 189 Å². The fourth-order valence-corrected chi connectivity index (χ4v) is 3.79. The average Bonchev–Trinajstić information content (AvgIpc) is 3.28. The van der Waals surface area contributed by atoms with Crippen LogP contribution in [0.5, 0.6) is 0 Å². The van der Waals surface area contributed by atoms with Gasteiger partial charge in [0.1, 0.15) is 5.82 Å². The van der Waals surface area contributed by atoms with Gasteiger partial charge in [0.05, 0.1) is 24.0 Å². The second-order valence-electron chi connectivity index (χ2n) is 8.10. The number of anilines is 1. The number of nitrogens with one attached hydrogen (secondary N) is 1. The zero-order chi connectivity index (χ0) is 23.4. The number of hydrogen-bond donors (Lipinski definition) is 1. The van der Waals surface area contributed by atoms with E-state index in [0.717, 1.165) is 23.5 Å². The summed E-state index contributed by atoms with van der Waals surface area (Å²) >= 11 is 0. The van der Waals surface area contributed by atoms with Gasteiger partial charge in [0.2, 0.25) is 0 Å². The van der Waals surface area contributed by atoms with Gasteiger partial charge in [-0.2, -0.15) is 18.3 Å². The molecule has 0 saturated carbocycles. The molecule has 1 aromatic carbocycles. The van der Waals surface area contributed by atoms with Crippen LogP contribution < -0.4 is 10.2 Å². The van der Waals surface area contributed by atoms with Crippen molar-refractivity contribution in [1.82, 2.24) is 25.0 Å². The molecule has 3 heterocycles. The van der Waals surface area contributed by atoms with Crippen molar-refractivity contribution >= 4 is 11.8 Å². The zero-order valence-electron chi connectivity index (χ0n) is 18.2. The Kier molecular flexibility index (Phi) is 6.52. The zero-order valence-corrected chi connectivity index (χ0v) is 18.2. The van der Waals surface area contributed by atoms with Crippen LogP contribution in [0.3, 0.4) is 0 Å². The summed E-state index contributed by atoms with van der Waals surface area (Å²) in [5.74, 6) is 0.514. The van der Waals surface area contributed by atoms with Crippen LogP contribution in [0, 0.1) is 0 Å². The molecule has 4 rings (SSSR count). The van der Waals surface area contributed by atoms with Gasteiger partial charge < -0.3 is 15.1 Å². The van der Waals surface area contributed by atoms with E-state index in [4.69, 9.17) is 0 Å². The number of carbonyl (C=O) groups is 1. The van der Waals surface area contributed by atoms with Gasteiger partial charge >= 0.3 is 12.2 Å². The number of hydrogen-bond acceptors (Lipinski definition) is 4. The fraction of sp³-hybridized carbons (Fsp3) is 0.348. The number of halogens is 3. The number of amides is 2. The van der Waals surface area contributed by atoms with Crippen molar-refractivity contribution < 1.29 is 18.0 Å². The first kappa shape index (κ1) is 22.6. The molecule has 1 aliphatic rings. The first-order chi connectivity index (χ1) is 15.8. The lowest BCUT2D eigenvalue weighted by molar-refractivity contribution is -0.137. The lowest BCUT2D eigenvalue weighted by Gasteiger charge is -2.34. The van der Waals surface area contributed by atoms with Crippen molar-refractivity contribution in [3.05, 3.63) is 72.2 Å². The molecule has 0 atom stereocenters. The highest BCUT2D eigenvalue weighted by Gasteiger charge is 2.31. The third kappa shape index (κ3) is 5.63. The Bertz CT molecular complexity index is 1060. The second-order valence-corrected chi connectivity index (χ2v) is 8.10. The molecule has 2 amide bonds. The molecule has 1 saturated heterocycles. The summed E-state index contributed by atoms with van der Waals surface area (Å²) < 4.78 is 39.9. The van der Waals surface area contributed by atoms with E-state index >= 15 is 0 Å². The molecule has 0 radical (unpaired) electrons. The average molecular weight is 458 g/mol. The van der Waals surface area contributed by atoms with Crippen molar-refractivity contribution in [2.45, 2.75) is 31.6 Å². The van der Waals surface area contributed by atoms with E-state index in [1.54, 1.807) is 22.8 Å². The van der Waals surface area contributed by atoms with Gasteiger partial charge in [-0.15, -0.1) is 0 Å². The number of benzene rings is 1. The number of rotatable bonds is 5. The molecule has 2 aromatic heterocycles. The van der Waals surface area contributed by atoms with Gasteiger partial charge in [-0.1, -0.05) is 18.2 Å². The number of urea groups is 1. The largest absolute Gasteiger partial charge is 0.417 e. The molecular weight excluding hydrogens is 433 g/mol. The monoisotopic (exact) mass is 458 g/mol. The van der Waals surface area contributed by atoms with E-state index in [-0.39, 0.29) is 12.1 Å². The van der Waals surface area contributed by atoms with Crippen molar-refractivity contribution in [3.8, 4) is 5.69 Å². The summed E-state index contributed by atoms with van der Waals surface area (Å²) in [7, 11) is 1.73. The molecule has 1 N–H and O–H groups in total. The topological polar surface area (TPSA) is 66.3 Å². The van der Waals surface area contributed by atoms with Gasteiger partial charge in [-0.3, -0.25) is 0 Å². The molecular formula is C23H25F3N6O. The van der Waals surface area contributed by atoms with Crippen LogP contribution in [0.2, 0.25) is 0 Å². The van der Waals surface area contributed by atoms with Gasteiger partial charge in [0.15, 0.2) is 0 Å². The molecule has 1 fully saturated rings. The maximum absolute atomic E-state index is 12.7. The summed E-state index contributed by atoms with van der Waals surface area (Å²) in [5, 5.41) is 7.40. The predicted octanol–water partition coefficient (Wildman–Crippen LogP) is 4.10. The van der Waals surface area contributed by atoms with E-state index in [2.05, 4.69) is 15.4 Å². The van der Waals surface area contributed by atoms with Crippen LogP contribution in [0.1, 0.15) is 24.0 Å². The lowest BCUT2D eigenvalue weighted by Crippen LogP contribution is -2.48. The third-order valence-electron chi connectivity index (χ3n) is 5.64. The Hall–Kier alpha value is -3.56. The first-order valence-electron chi connectivity index (χ1n) is 10.7. The number of alkyl halides is 3. The van der Waals surface area contributed by atoms with Crippen LogP contribution in [0.15, 0.2) is 61.1 Å². The maximum Gasteiger partial charge on any atom is 0.417 e. The number of nitrogens with zero attached hydrogens (tertiary/aromatic N) is 5. The minimum Gasteiger partial charge on any atom is -0.356 e. The number of aromatic nitrogens is 3. The van der Waals surface area contributed by atoms with Crippen molar-refractivity contribution in [1.29, 1.82) is 0 Å². The summed E-state index contributed by atoms with van der Waals surface area (Å²) in [5.41, 5.74) is 1.11. The molecule has 0 unspecified atom stereocenters. The molecule has 7 nitrogen and oxygen atoms in total. The summed E-state index contributed by atoms with van der Waals surface area (Å²) in [6, 6.07) is 12.0. The van der Waals surface area contributed by atoms with Crippen LogP contribution in [-0.4, -0.2) is 51.9 Å². The molecule has 1 aliphatic heterocycles. The van der Waals surface area contributed by atoms with E-state index in [0.29, 0.717) is 38.3 Å². The summed E-state index contributed by atoms with van der Waals surface area (Å²) in [4.78, 5) is 20.1. The highest BCUT2D eigenvalue weighted by Crippen LogP contribution is 2.29. The summed E-state index contributed by atoms with van der Waals surface area (Å²) in [6.07, 6.45) is 1.48. The Morgan fingerprint density at radius 1 is 1.12 bits per heavy atom. The third-order valence-corrected chi connectivity index (χ3v) is 5.64. The minimum absolute atomic E-state index is 0.00214. The Morgan fingerprint density at radius 2 is 1.85 bits per heavy atom. The van der Waals surface area contributed by atoms with Crippen LogP contribution in [0.25, 0.3) is 5.69 Å². The molecule has 0 bridgehead atoms. The van der Waals surface area contributed by atoms with E-state index in [1.165, 1.54) is 6.07 Å². The highest BCUT2D eigenvalue weighted by atomic mass is 19.4. The van der Waals surface area contributed by atoms with Crippen LogP contribution in [-0.2, 0) is 12.7 Å². The van der Waals surface area contributed by atoms with Crippen LogP contribution in [0.4, 0.5) is 23.8 Å². The highest BCUT2D eigenvalue weighted by molar-refractivity contribution is 5.74. The van der Waals surface area contributed by atoms with Gasteiger partial charge in [-0.25, -0.2) is 14.5 Å². The predicted molar refractivity (Wildman–Crippen MR) is 118 cm³/mol. The number of carbonyl (C=O) groups excluding carboxylic acids is 1. The normalized spacial score (nSPS) is 14.8. The lowest BCUT2D eigenvalue weighted by atomic mass is 10.1. The molecule has 0 spiro atoms. The minimum atomic E-state index is -4.39. The smallest absolute Gasteiger partial charge is 0.356 e. The summed E-state index contributed by atoms with van der Waals surface area (Å²) in [6.45, 7) is 1.64. The van der Waals surface area contributed by atoms with E-state index < -0.39 is 11.7 Å². The molecule has 174 valence electrons. The second kappa shape index (κ2) is 9.51. The number of pyridine rings is 1. The molecule has 33 heavy (non-hydrogen) atoms. The molecule has 3 aromatic rings. The van der Waals surface area contributed by atoms with E-state index in [9.17, 15) is 18.0 Å². The fourth-order valence-electron chi connectivity index (χ4n) is 3.79. The van der Waals surface area contributed by atoms with Crippen molar-refractivity contribution in [3.63, 3.8) is 0 Å². The Balaban J connectivity index is 1.25. The Morgan fingerprint density at radius 3 is 2.48 bits per heavy atom. The first-order valence-corrected chi connectivity index (χ1v) is 10.7. The maximum atomic E-state index is 12.7. The molecule has 0 aliphatic carbocycles. The van der Waals surface area contributed by atoms with Gasteiger partial charge in [0.25, 0.3) is 0 Å². The number of piperidine rings is 1. The van der Waals surface area contributed by atoms with E-state index in [1.807, 2.05) is 41.4 Å². The van der Waals surface area contributed by atoms with Gasteiger partial charge in [0, 0.05) is 44.1 Å². The molecule has 10 heteroatoms. The SMILES string of the molecule is CN(Cc1cnn(-c2ccccc2)c1)C(=O)NC1CCN(c2ccc(C(F)(F)F)cn2)CC1. The quantitative estimate of drug-likeness (QED) is 0.625. The van der Waals surface area contributed by atoms with Crippen LogP contribution >= 0.6 is 0 Å². The van der Waals surface area contributed by atoms with Crippen molar-refractivity contribution in [2.24, 2.45) is 0 Å². The number of para-hydroxylation sites is 1. The van der Waals surface area contributed by atoms with Crippen molar-refractivity contribution in [2.75, 3.05) is 25.0 Å².